The van der Waals surface area contributed by atoms with E-state index in [9.17, 15) is 9.18 Å². The van der Waals surface area contributed by atoms with E-state index in [1.807, 2.05) is 36.5 Å². The van der Waals surface area contributed by atoms with Gasteiger partial charge in [-0.3, -0.25) is 4.79 Å². The molecule has 0 spiro atoms. The fraction of sp³-hybridized carbons (Fsp3) is 0.120. The molecule has 1 amide bonds. The Morgan fingerprint density at radius 1 is 0.969 bits per heavy atom. The Morgan fingerprint density at radius 2 is 1.69 bits per heavy atom. The first-order chi connectivity index (χ1) is 15.6. The maximum Gasteiger partial charge on any atom is 0.251 e. The van der Waals surface area contributed by atoms with Gasteiger partial charge in [0.05, 0.1) is 25.6 Å². The van der Waals surface area contributed by atoms with Crippen molar-refractivity contribution >= 4 is 5.91 Å². The van der Waals surface area contributed by atoms with Crippen LogP contribution in [0.2, 0.25) is 0 Å². The highest BCUT2D eigenvalue weighted by Gasteiger charge is 2.15. The van der Waals surface area contributed by atoms with Gasteiger partial charge in [0.1, 0.15) is 5.82 Å². The van der Waals surface area contributed by atoms with Crippen LogP contribution >= 0.6 is 0 Å². The Balaban J connectivity index is 1.61. The molecular formula is C25H22FN3O3. The van der Waals surface area contributed by atoms with Crippen molar-refractivity contribution in [2.45, 2.75) is 6.54 Å². The summed E-state index contributed by atoms with van der Waals surface area (Å²) in [7, 11) is 3.06. The lowest BCUT2D eigenvalue weighted by atomic mass is 10.1. The van der Waals surface area contributed by atoms with Crippen LogP contribution in [-0.4, -0.2) is 29.9 Å². The molecule has 0 radical (unpaired) electrons. The highest BCUT2D eigenvalue weighted by atomic mass is 19.1. The predicted octanol–water partition coefficient (Wildman–Crippen LogP) is 4.63. The number of rotatable bonds is 7. The van der Waals surface area contributed by atoms with Crippen molar-refractivity contribution in [3.8, 4) is 28.4 Å². The second-order valence-corrected chi connectivity index (χ2v) is 7.04. The number of amides is 1. The molecule has 1 N–H and O–H groups in total. The fourth-order valence-corrected chi connectivity index (χ4v) is 3.36. The van der Waals surface area contributed by atoms with E-state index in [1.165, 1.54) is 19.2 Å². The maximum atomic E-state index is 13.4. The molecule has 6 nitrogen and oxygen atoms in total. The molecule has 4 aromatic rings. The number of hydrogen-bond donors (Lipinski definition) is 1. The van der Waals surface area contributed by atoms with Gasteiger partial charge in [-0.15, -0.1) is 0 Å². The number of hydrogen-bond acceptors (Lipinski definition) is 4. The normalized spacial score (nSPS) is 10.6. The van der Waals surface area contributed by atoms with Gasteiger partial charge in [-0.1, -0.05) is 18.2 Å². The Kier molecular flexibility index (Phi) is 6.17. The third-order valence-corrected chi connectivity index (χ3v) is 5.01. The SMILES string of the molecule is COc1ccc(C(=O)NCc2cn(-c3ccccc3)nc2-c2ccc(F)cc2)cc1OC. The van der Waals surface area contributed by atoms with Gasteiger partial charge in [0, 0.05) is 29.4 Å². The van der Waals surface area contributed by atoms with E-state index >= 15 is 0 Å². The van der Waals surface area contributed by atoms with Gasteiger partial charge in [0.25, 0.3) is 5.91 Å². The van der Waals surface area contributed by atoms with E-state index in [0.29, 0.717) is 22.8 Å². The molecule has 3 aromatic carbocycles. The first kappa shape index (κ1) is 21.1. The summed E-state index contributed by atoms with van der Waals surface area (Å²) in [6.07, 6.45) is 1.86. The van der Waals surface area contributed by atoms with Crippen LogP contribution in [0.4, 0.5) is 4.39 Å². The molecule has 4 rings (SSSR count). The fourth-order valence-electron chi connectivity index (χ4n) is 3.36. The largest absolute Gasteiger partial charge is 0.493 e. The molecule has 0 bridgehead atoms. The summed E-state index contributed by atoms with van der Waals surface area (Å²) < 4.78 is 25.7. The molecule has 0 unspecified atom stereocenters. The Morgan fingerprint density at radius 3 is 2.38 bits per heavy atom. The van der Waals surface area contributed by atoms with E-state index in [0.717, 1.165) is 16.8 Å². The number of nitrogens with zero attached hydrogens (tertiary/aromatic N) is 2. The summed E-state index contributed by atoms with van der Waals surface area (Å²) >= 11 is 0. The van der Waals surface area contributed by atoms with Crippen LogP contribution in [0.3, 0.4) is 0 Å². The number of methoxy groups -OCH3 is 2. The van der Waals surface area contributed by atoms with Crippen LogP contribution < -0.4 is 14.8 Å². The molecule has 7 heteroatoms. The zero-order valence-corrected chi connectivity index (χ0v) is 17.7. The zero-order valence-electron chi connectivity index (χ0n) is 17.7. The van der Waals surface area contributed by atoms with E-state index in [1.54, 1.807) is 42.1 Å². The standard InChI is InChI=1S/C25H22FN3O3/c1-31-22-13-10-18(14-23(22)32-2)25(30)27-15-19-16-29(21-6-4-3-5-7-21)28-24(19)17-8-11-20(26)12-9-17/h3-14,16H,15H2,1-2H3,(H,27,30). The molecule has 0 saturated carbocycles. The third-order valence-electron chi connectivity index (χ3n) is 5.01. The molecule has 32 heavy (non-hydrogen) atoms. The van der Waals surface area contributed by atoms with Crippen molar-refractivity contribution < 1.29 is 18.7 Å². The molecule has 0 fully saturated rings. The lowest BCUT2D eigenvalue weighted by Crippen LogP contribution is -2.23. The molecule has 162 valence electrons. The molecule has 1 aromatic heterocycles. The van der Waals surface area contributed by atoms with Crippen LogP contribution in [0.25, 0.3) is 16.9 Å². The highest BCUT2D eigenvalue weighted by Crippen LogP contribution is 2.28. The second kappa shape index (κ2) is 9.34. The van der Waals surface area contributed by atoms with E-state index in [-0.39, 0.29) is 18.3 Å². The van der Waals surface area contributed by atoms with Crippen LogP contribution in [-0.2, 0) is 6.54 Å². The molecule has 0 atom stereocenters. The summed E-state index contributed by atoms with van der Waals surface area (Å²) in [4.78, 5) is 12.8. The number of benzene rings is 3. The molecule has 0 saturated heterocycles. The van der Waals surface area contributed by atoms with Gasteiger partial charge in [-0.05, 0) is 54.6 Å². The summed E-state index contributed by atoms with van der Waals surface area (Å²) in [6.45, 7) is 0.243. The number of para-hydroxylation sites is 1. The van der Waals surface area contributed by atoms with Gasteiger partial charge in [0.15, 0.2) is 11.5 Å². The molecule has 0 aliphatic carbocycles. The maximum absolute atomic E-state index is 13.4. The van der Waals surface area contributed by atoms with Gasteiger partial charge in [0.2, 0.25) is 0 Å². The minimum absolute atomic E-state index is 0.243. The van der Waals surface area contributed by atoms with Crippen molar-refractivity contribution in [1.82, 2.24) is 15.1 Å². The van der Waals surface area contributed by atoms with Crippen LogP contribution in [0.5, 0.6) is 11.5 Å². The first-order valence-corrected chi connectivity index (χ1v) is 9.99. The van der Waals surface area contributed by atoms with Crippen molar-refractivity contribution in [3.63, 3.8) is 0 Å². The lowest BCUT2D eigenvalue weighted by Gasteiger charge is -2.10. The van der Waals surface area contributed by atoms with Crippen molar-refractivity contribution in [1.29, 1.82) is 0 Å². The van der Waals surface area contributed by atoms with Crippen LogP contribution in [0.1, 0.15) is 15.9 Å². The predicted molar refractivity (Wildman–Crippen MR) is 120 cm³/mol. The number of halogens is 1. The van der Waals surface area contributed by atoms with Crippen LogP contribution in [0.15, 0.2) is 79.0 Å². The number of nitrogens with one attached hydrogen (secondary N) is 1. The van der Waals surface area contributed by atoms with Crippen molar-refractivity contribution in [2.24, 2.45) is 0 Å². The van der Waals surface area contributed by atoms with E-state index in [2.05, 4.69) is 10.4 Å². The Hall–Kier alpha value is -4.13. The number of carbonyl (C=O) groups excluding carboxylic acids is 1. The number of ether oxygens (including phenoxy) is 2. The van der Waals surface area contributed by atoms with E-state index < -0.39 is 0 Å². The monoisotopic (exact) mass is 431 g/mol. The van der Waals surface area contributed by atoms with Gasteiger partial charge in [-0.25, -0.2) is 9.07 Å². The average Bonchev–Trinajstić information content (AvgIpc) is 3.27. The molecular weight excluding hydrogens is 409 g/mol. The summed E-state index contributed by atoms with van der Waals surface area (Å²) in [6, 6.07) is 20.8. The minimum atomic E-state index is -0.320. The Labute approximate surface area is 185 Å². The Bertz CT molecular complexity index is 1220. The van der Waals surface area contributed by atoms with Gasteiger partial charge >= 0.3 is 0 Å². The van der Waals surface area contributed by atoms with Crippen molar-refractivity contribution in [3.05, 3.63) is 95.9 Å². The van der Waals surface area contributed by atoms with Gasteiger partial charge in [-0.2, -0.15) is 5.10 Å². The smallest absolute Gasteiger partial charge is 0.251 e. The topological polar surface area (TPSA) is 65.4 Å². The first-order valence-electron chi connectivity index (χ1n) is 9.99. The minimum Gasteiger partial charge on any atom is -0.493 e. The van der Waals surface area contributed by atoms with Crippen molar-refractivity contribution in [2.75, 3.05) is 14.2 Å². The lowest BCUT2D eigenvalue weighted by molar-refractivity contribution is 0.0950. The number of aromatic nitrogens is 2. The van der Waals surface area contributed by atoms with Crippen LogP contribution in [0, 0.1) is 5.82 Å². The zero-order chi connectivity index (χ0) is 22.5. The second-order valence-electron chi connectivity index (χ2n) is 7.04. The summed E-state index contributed by atoms with van der Waals surface area (Å²) in [5, 5.41) is 7.62. The average molecular weight is 431 g/mol. The quantitative estimate of drug-likeness (QED) is 0.464. The molecule has 1 heterocycles. The summed E-state index contributed by atoms with van der Waals surface area (Å²) in [5.74, 6) is 0.443. The van der Waals surface area contributed by atoms with Gasteiger partial charge < -0.3 is 14.8 Å². The highest BCUT2D eigenvalue weighted by molar-refractivity contribution is 5.95. The molecule has 0 aliphatic rings. The number of carbonyl (C=O) groups is 1. The summed E-state index contributed by atoms with van der Waals surface area (Å²) in [5.41, 5.74) is 3.56. The van der Waals surface area contributed by atoms with E-state index in [4.69, 9.17) is 9.47 Å². The third kappa shape index (κ3) is 4.46. The molecule has 0 aliphatic heterocycles.